The molecule has 5 atom stereocenters. The average Bonchev–Trinajstić information content (AvgIpc) is 2.29. The normalized spacial score (nSPS) is 34.8. The van der Waals surface area contributed by atoms with Crippen LogP contribution in [0.25, 0.3) is 10.4 Å². The molecule has 17 heavy (non-hydrogen) atoms. The molecule has 0 aromatic rings. The lowest BCUT2D eigenvalue weighted by Crippen LogP contribution is -2.55. The number of azide groups is 1. The molecule has 1 aliphatic rings. The van der Waals surface area contributed by atoms with Crippen molar-refractivity contribution in [1.29, 1.82) is 0 Å². The topological polar surface area (TPSA) is 156 Å². The van der Waals surface area contributed by atoms with Crippen molar-refractivity contribution in [1.82, 2.24) is 0 Å². The first kappa shape index (κ1) is 13.7. The van der Waals surface area contributed by atoms with Crippen molar-refractivity contribution in [2.75, 3.05) is 6.54 Å². The highest BCUT2D eigenvalue weighted by Gasteiger charge is 2.42. The van der Waals surface area contributed by atoms with Crippen molar-refractivity contribution in [2.24, 2.45) is 5.11 Å². The van der Waals surface area contributed by atoms with Gasteiger partial charge < -0.3 is 25.2 Å². The van der Waals surface area contributed by atoms with Crippen LogP contribution in [-0.2, 0) is 9.53 Å². The quantitative estimate of drug-likeness (QED) is 0.272. The number of hydrogen-bond donors (Lipinski definition) is 4. The third-order valence-electron chi connectivity index (χ3n) is 2.49. The van der Waals surface area contributed by atoms with Gasteiger partial charge in [0.1, 0.15) is 12.2 Å². The van der Waals surface area contributed by atoms with Gasteiger partial charge in [0.15, 0.2) is 6.10 Å². The lowest BCUT2D eigenvalue weighted by atomic mass is 9.94. The molecule has 9 nitrogen and oxygen atoms in total. The molecule has 0 bridgehead atoms. The molecule has 0 aliphatic carbocycles. The molecule has 0 spiro atoms. The van der Waals surface area contributed by atoms with E-state index < -0.39 is 36.5 Å². The Kier molecular flexibility index (Phi) is 4.67. The summed E-state index contributed by atoms with van der Waals surface area (Å²) >= 11 is 0. The van der Waals surface area contributed by atoms with E-state index in [0.29, 0.717) is 0 Å². The van der Waals surface area contributed by atoms with E-state index >= 15 is 0 Å². The van der Waals surface area contributed by atoms with Crippen molar-refractivity contribution in [3.63, 3.8) is 0 Å². The predicted molar refractivity (Wildman–Crippen MR) is 52.9 cm³/mol. The van der Waals surface area contributed by atoms with Crippen molar-refractivity contribution in [3.05, 3.63) is 10.4 Å². The Morgan fingerprint density at radius 2 is 2.24 bits per heavy atom. The van der Waals surface area contributed by atoms with Gasteiger partial charge in [0.2, 0.25) is 0 Å². The Balaban J connectivity index is 2.73. The predicted octanol–water partition coefficient (Wildman–Crippen LogP) is -1.38. The second-order valence-corrected chi connectivity index (χ2v) is 3.70. The summed E-state index contributed by atoms with van der Waals surface area (Å²) in [5.74, 6) is -1.29. The van der Waals surface area contributed by atoms with Gasteiger partial charge in [-0.15, -0.1) is 0 Å². The molecular weight excluding hydrogens is 234 g/mol. The van der Waals surface area contributed by atoms with E-state index in [1.54, 1.807) is 0 Å². The highest BCUT2D eigenvalue weighted by Crippen LogP contribution is 2.23. The van der Waals surface area contributed by atoms with Gasteiger partial charge in [0, 0.05) is 11.3 Å². The third-order valence-corrected chi connectivity index (χ3v) is 2.49. The molecule has 0 saturated carbocycles. The minimum absolute atomic E-state index is 0.263. The van der Waals surface area contributed by atoms with Crippen LogP contribution in [0, 0.1) is 0 Å². The molecule has 1 rings (SSSR count). The van der Waals surface area contributed by atoms with E-state index in [-0.39, 0.29) is 13.0 Å². The Hall–Kier alpha value is -1.38. The minimum atomic E-state index is -1.42. The van der Waals surface area contributed by atoms with Gasteiger partial charge in [-0.2, -0.15) is 0 Å². The zero-order valence-corrected chi connectivity index (χ0v) is 8.75. The fraction of sp³-hybridized carbons (Fsp3) is 0.875. The number of carboxylic acid groups (broad SMARTS) is 1. The molecule has 0 aromatic carbocycles. The van der Waals surface area contributed by atoms with Crippen LogP contribution in [0.5, 0.6) is 0 Å². The Bertz CT molecular complexity index is 331. The first-order chi connectivity index (χ1) is 7.97. The van der Waals surface area contributed by atoms with Gasteiger partial charge in [-0.3, -0.25) is 0 Å². The molecule has 1 saturated heterocycles. The number of aliphatic hydroxyl groups excluding tert-OH is 3. The standard InChI is InChI=1S/C8H13N3O6/c9-11-10-2-4(13)7-6(14)3(12)1-5(17-7)8(15)16/h3-7,12-14H,1-2H2,(H,15,16)/t3-,4-,5+,6-,7-/m1/s1. The van der Waals surface area contributed by atoms with Crippen LogP contribution in [0.3, 0.4) is 0 Å². The van der Waals surface area contributed by atoms with Crippen LogP contribution < -0.4 is 0 Å². The largest absolute Gasteiger partial charge is 0.479 e. The van der Waals surface area contributed by atoms with Gasteiger partial charge in [0.05, 0.1) is 18.8 Å². The summed E-state index contributed by atoms with van der Waals surface area (Å²) in [6.07, 6.45) is -6.98. The number of aliphatic hydroxyl groups is 3. The van der Waals surface area contributed by atoms with E-state index in [0.717, 1.165) is 0 Å². The van der Waals surface area contributed by atoms with Crippen LogP contribution in [0.15, 0.2) is 5.11 Å². The van der Waals surface area contributed by atoms with Gasteiger partial charge >= 0.3 is 5.97 Å². The number of ether oxygens (including phenoxy) is 1. The maximum Gasteiger partial charge on any atom is 0.332 e. The Labute approximate surface area is 95.9 Å². The van der Waals surface area contributed by atoms with Crippen LogP contribution >= 0.6 is 0 Å². The summed E-state index contributed by atoms with van der Waals surface area (Å²) in [4.78, 5) is 13.1. The average molecular weight is 247 g/mol. The van der Waals surface area contributed by atoms with E-state index in [1.807, 2.05) is 0 Å². The SMILES string of the molecule is [N-]=[N+]=NC[C@@H](O)[C@H]1O[C@H](C(=O)O)C[C@@H](O)[C@H]1O. The van der Waals surface area contributed by atoms with E-state index in [1.165, 1.54) is 0 Å². The molecule has 0 amide bonds. The Morgan fingerprint density at radius 1 is 1.59 bits per heavy atom. The smallest absolute Gasteiger partial charge is 0.332 e. The lowest BCUT2D eigenvalue weighted by molar-refractivity contribution is -0.207. The molecule has 0 aromatic heterocycles. The molecule has 9 heteroatoms. The van der Waals surface area contributed by atoms with E-state index in [4.69, 9.17) is 15.4 Å². The molecule has 96 valence electrons. The zero-order valence-electron chi connectivity index (χ0n) is 8.75. The van der Waals surface area contributed by atoms with Gasteiger partial charge in [-0.1, -0.05) is 5.11 Å². The zero-order chi connectivity index (χ0) is 13.0. The lowest BCUT2D eigenvalue weighted by Gasteiger charge is -2.37. The maximum absolute atomic E-state index is 10.7. The van der Waals surface area contributed by atoms with Crippen molar-refractivity contribution >= 4 is 5.97 Å². The summed E-state index contributed by atoms with van der Waals surface area (Å²) in [5, 5.41) is 40.3. The number of carbonyl (C=O) groups is 1. The van der Waals surface area contributed by atoms with Crippen molar-refractivity contribution in [2.45, 2.75) is 36.9 Å². The molecule has 4 N–H and O–H groups in total. The monoisotopic (exact) mass is 247 g/mol. The number of carboxylic acids is 1. The first-order valence-electron chi connectivity index (χ1n) is 4.90. The second-order valence-electron chi connectivity index (χ2n) is 3.70. The van der Waals surface area contributed by atoms with Gasteiger partial charge in [-0.05, 0) is 5.53 Å². The number of hydrogen-bond acceptors (Lipinski definition) is 6. The highest BCUT2D eigenvalue weighted by atomic mass is 16.5. The highest BCUT2D eigenvalue weighted by molar-refractivity contribution is 5.72. The van der Waals surface area contributed by atoms with Crippen LogP contribution in [0.4, 0.5) is 0 Å². The first-order valence-corrected chi connectivity index (χ1v) is 4.90. The van der Waals surface area contributed by atoms with E-state index in [2.05, 4.69) is 10.0 Å². The summed E-state index contributed by atoms with van der Waals surface area (Å²) in [6, 6.07) is 0. The summed E-state index contributed by atoms with van der Waals surface area (Å²) in [5.41, 5.74) is 8.07. The molecule has 1 fully saturated rings. The fourth-order valence-corrected chi connectivity index (χ4v) is 1.60. The minimum Gasteiger partial charge on any atom is -0.479 e. The molecule has 0 unspecified atom stereocenters. The van der Waals surface area contributed by atoms with Crippen LogP contribution in [0.1, 0.15) is 6.42 Å². The summed E-state index contributed by atoms with van der Waals surface area (Å²) in [6.45, 7) is -0.378. The number of rotatable bonds is 4. The van der Waals surface area contributed by atoms with Crippen molar-refractivity contribution < 1.29 is 30.0 Å². The van der Waals surface area contributed by atoms with Gasteiger partial charge in [-0.25, -0.2) is 4.79 Å². The van der Waals surface area contributed by atoms with Crippen LogP contribution in [0.2, 0.25) is 0 Å². The maximum atomic E-state index is 10.7. The third kappa shape index (κ3) is 3.29. The van der Waals surface area contributed by atoms with E-state index in [9.17, 15) is 20.1 Å². The Morgan fingerprint density at radius 3 is 2.76 bits per heavy atom. The van der Waals surface area contributed by atoms with Crippen LogP contribution in [-0.4, -0.2) is 63.5 Å². The summed E-state index contributed by atoms with van der Waals surface area (Å²) in [7, 11) is 0. The fourth-order valence-electron chi connectivity index (χ4n) is 1.60. The molecule has 1 heterocycles. The molecule has 0 radical (unpaired) electrons. The number of aliphatic carboxylic acids is 1. The molecular formula is C8H13N3O6. The number of nitrogens with zero attached hydrogens (tertiary/aromatic N) is 3. The molecule has 1 aliphatic heterocycles. The van der Waals surface area contributed by atoms with Gasteiger partial charge in [0.25, 0.3) is 0 Å². The van der Waals surface area contributed by atoms with Crippen molar-refractivity contribution in [3.8, 4) is 0 Å². The second kappa shape index (κ2) is 5.80. The summed E-state index contributed by atoms with van der Waals surface area (Å²) < 4.78 is 4.95.